The van der Waals surface area contributed by atoms with Crippen molar-refractivity contribution in [2.24, 2.45) is 0 Å². The molecule has 2 fully saturated rings. The van der Waals surface area contributed by atoms with Crippen molar-refractivity contribution in [3.05, 3.63) is 0 Å². The molecule has 0 aliphatic carbocycles. The van der Waals surface area contributed by atoms with Gasteiger partial charge in [0.2, 0.25) is 0 Å². The minimum Gasteiger partial charge on any atom is -0.377 e. The Balaban J connectivity index is 2.23. The lowest BCUT2D eigenvalue weighted by molar-refractivity contribution is -0.0511. The van der Waals surface area contributed by atoms with Crippen molar-refractivity contribution >= 4 is 30.4 Å². The van der Waals surface area contributed by atoms with Gasteiger partial charge in [-0.15, -0.1) is 0 Å². The highest BCUT2D eigenvalue weighted by Gasteiger charge is 2.57. The van der Waals surface area contributed by atoms with Crippen molar-refractivity contribution < 1.29 is 9.47 Å². The van der Waals surface area contributed by atoms with E-state index in [1.165, 1.54) is 0 Å². The molecule has 5 heteroatoms. The number of halogens is 1. The Morgan fingerprint density at radius 3 is 3.00 bits per heavy atom. The third-order valence-electron chi connectivity index (χ3n) is 2.69. The SMILES string of the molecule is [B][C@@H]1O[C@@]2(CI)CNC1C2OC. The van der Waals surface area contributed by atoms with Crippen molar-refractivity contribution in [3.8, 4) is 0 Å². The minimum atomic E-state index is -0.210. The molecule has 1 N–H and O–H groups in total. The van der Waals surface area contributed by atoms with Gasteiger partial charge < -0.3 is 14.8 Å². The molecule has 66 valence electrons. The summed E-state index contributed by atoms with van der Waals surface area (Å²) in [5.74, 6) is 0. The molecule has 2 radical (unpaired) electrons. The second-order valence-corrected chi connectivity index (χ2v) is 4.11. The fourth-order valence-corrected chi connectivity index (χ4v) is 2.97. The topological polar surface area (TPSA) is 30.5 Å². The van der Waals surface area contributed by atoms with Crippen LogP contribution in [-0.4, -0.2) is 49.7 Å². The average Bonchev–Trinajstić information content (AvgIpc) is 2.56. The summed E-state index contributed by atoms with van der Waals surface area (Å²) < 4.78 is 12.0. The summed E-state index contributed by atoms with van der Waals surface area (Å²) in [6.07, 6.45) is 0.115. The van der Waals surface area contributed by atoms with E-state index in [0.29, 0.717) is 0 Å². The van der Waals surface area contributed by atoms with Crippen LogP contribution in [0.25, 0.3) is 0 Å². The molecule has 2 aliphatic heterocycles. The summed E-state index contributed by atoms with van der Waals surface area (Å²) in [5.41, 5.74) is -0.181. The van der Waals surface area contributed by atoms with Crippen molar-refractivity contribution in [1.29, 1.82) is 0 Å². The lowest BCUT2D eigenvalue weighted by Crippen LogP contribution is -2.46. The van der Waals surface area contributed by atoms with E-state index in [1.807, 2.05) is 0 Å². The number of nitrogens with one attached hydrogen (secondary N) is 1. The van der Waals surface area contributed by atoms with Crippen molar-refractivity contribution in [1.82, 2.24) is 5.32 Å². The van der Waals surface area contributed by atoms with Crippen LogP contribution in [0.1, 0.15) is 0 Å². The highest BCUT2D eigenvalue weighted by Crippen LogP contribution is 2.38. The Hall–Kier alpha value is 0.675. The monoisotopic (exact) mass is 279 g/mol. The van der Waals surface area contributed by atoms with E-state index in [0.717, 1.165) is 11.0 Å². The third kappa shape index (κ3) is 1.06. The molecular formula is C7H11BINO2. The van der Waals surface area contributed by atoms with Gasteiger partial charge in [-0.25, -0.2) is 0 Å². The number of rotatable bonds is 2. The molecule has 2 aliphatic rings. The lowest BCUT2D eigenvalue weighted by Gasteiger charge is -2.29. The molecular weight excluding hydrogens is 268 g/mol. The Morgan fingerprint density at radius 1 is 1.83 bits per heavy atom. The van der Waals surface area contributed by atoms with Crippen molar-refractivity contribution in [2.75, 3.05) is 18.1 Å². The number of hydrogen-bond acceptors (Lipinski definition) is 3. The van der Waals surface area contributed by atoms with Gasteiger partial charge in [-0.05, 0) is 0 Å². The maximum atomic E-state index is 5.78. The molecule has 0 aromatic heterocycles. The van der Waals surface area contributed by atoms with E-state index in [4.69, 9.17) is 17.3 Å². The molecule has 2 unspecified atom stereocenters. The van der Waals surface area contributed by atoms with Gasteiger partial charge in [0.15, 0.2) is 0 Å². The molecule has 2 heterocycles. The Labute approximate surface area is 87.1 Å². The van der Waals surface area contributed by atoms with Crippen LogP contribution in [0.2, 0.25) is 0 Å². The summed E-state index contributed by atoms with van der Waals surface area (Å²) in [6.45, 7) is 0.854. The maximum Gasteiger partial charge on any atom is 0.116 e. The van der Waals surface area contributed by atoms with Crippen LogP contribution in [-0.2, 0) is 9.47 Å². The van der Waals surface area contributed by atoms with Crippen LogP contribution in [0.4, 0.5) is 0 Å². The molecule has 2 saturated heterocycles. The van der Waals surface area contributed by atoms with Gasteiger partial charge in [0.1, 0.15) is 19.6 Å². The molecule has 3 nitrogen and oxygen atoms in total. The van der Waals surface area contributed by atoms with Crippen LogP contribution < -0.4 is 5.32 Å². The normalized spacial score (nSPS) is 51.7. The fourth-order valence-electron chi connectivity index (χ4n) is 2.08. The highest BCUT2D eigenvalue weighted by molar-refractivity contribution is 14.1. The lowest BCUT2D eigenvalue weighted by atomic mass is 9.91. The van der Waals surface area contributed by atoms with Gasteiger partial charge in [-0.3, -0.25) is 0 Å². The zero-order chi connectivity index (χ0) is 8.77. The smallest absolute Gasteiger partial charge is 0.116 e. The summed E-state index contributed by atoms with van der Waals surface area (Å²) in [5, 5.41) is 3.32. The van der Waals surface area contributed by atoms with Gasteiger partial charge in [0.05, 0.1) is 6.04 Å². The molecule has 0 aromatic carbocycles. The largest absolute Gasteiger partial charge is 0.377 e. The second kappa shape index (κ2) is 3.11. The van der Waals surface area contributed by atoms with Crippen molar-refractivity contribution in [3.63, 3.8) is 0 Å². The van der Waals surface area contributed by atoms with E-state index in [-0.39, 0.29) is 23.8 Å². The summed E-state index contributed by atoms with van der Waals surface area (Å²) in [6, 6.07) is -0.0387. The predicted octanol–water partition coefficient (Wildman–Crippen LogP) is -0.328. The van der Waals surface area contributed by atoms with Gasteiger partial charge in [-0.2, -0.15) is 0 Å². The first-order valence-electron chi connectivity index (χ1n) is 3.99. The van der Waals surface area contributed by atoms with E-state index in [1.54, 1.807) is 7.11 Å². The Kier molecular flexibility index (Phi) is 2.40. The quantitative estimate of drug-likeness (QED) is 0.426. The zero-order valence-corrected chi connectivity index (χ0v) is 9.08. The maximum absolute atomic E-state index is 5.78. The van der Waals surface area contributed by atoms with Crippen LogP contribution in [0.3, 0.4) is 0 Å². The standard InChI is InChI=1S/C7H11BINO2/c1-11-5-4-6(8)12-7(5,2-9)3-10-4/h4-6,10H,2-3H2,1H3/t4?,5?,6-,7+/m1/s1. The third-order valence-corrected chi connectivity index (χ3v) is 3.98. The zero-order valence-electron chi connectivity index (χ0n) is 6.92. The molecule has 2 rings (SSSR count). The second-order valence-electron chi connectivity index (χ2n) is 3.34. The molecule has 0 aromatic rings. The number of methoxy groups -OCH3 is 1. The van der Waals surface area contributed by atoms with E-state index in [9.17, 15) is 0 Å². The van der Waals surface area contributed by atoms with Crippen LogP contribution >= 0.6 is 22.6 Å². The van der Waals surface area contributed by atoms with E-state index < -0.39 is 0 Å². The number of ether oxygens (including phenoxy) is 2. The number of alkyl halides is 1. The fraction of sp³-hybridized carbons (Fsp3) is 1.00. The number of fused-ring (bicyclic) bond motifs is 2. The first kappa shape index (κ1) is 9.24. The predicted molar refractivity (Wildman–Crippen MR) is 54.8 cm³/mol. The average molecular weight is 279 g/mol. The van der Waals surface area contributed by atoms with Crippen molar-refractivity contribution in [2.45, 2.75) is 23.8 Å². The first-order chi connectivity index (χ1) is 5.73. The van der Waals surface area contributed by atoms with Gasteiger partial charge in [0, 0.05) is 24.1 Å². The summed E-state index contributed by atoms with van der Waals surface area (Å²) >= 11 is 2.32. The molecule has 0 saturated carbocycles. The highest BCUT2D eigenvalue weighted by atomic mass is 127. The van der Waals surface area contributed by atoms with Gasteiger partial charge in [-0.1, -0.05) is 22.6 Å². The summed E-state index contributed by atoms with van der Waals surface area (Å²) in [4.78, 5) is 0. The molecule has 4 atom stereocenters. The minimum absolute atomic E-state index is 0.115. The molecule has 2 bridgehead atoms. The van der Waals surface area contributed by atoms with Gasteiger partial charge in [0.25, 0.3) is 0 Å². The Morgan fingerprint density at radius 2 is 2.58 bits per heavy atom. The van der Waals surface area contributed by atoms with Crippen LogP contribution in [0.15, 0.2) is 0 Å². The molecule has 12 heavy (non-hydrogen) atoms. The van der Waals surface area contributed by atoms with Gasteiger partial charge >= 0.3 is 0 Å². The number of morpholine rings is 1. The Bertz CT molecular complexity index is 194. The molecule has 0 amide bonds. The number of hydrogen-bond donors (Lipinski definition) is 1. The van der Waals surface area contributed by atoms with E-state index in [2.05, 4.69) is 27.9 Å². The van der Waals surface area contributed by atoms with Crippen LogP contribution in [0, 0.1) is 0 Å². The summed E-state index contributed by atoms with van der Waals surface area (Å²) in [7, 11) is 7.49. The van der Waals surface area contributed by atoms with Crippen LogP contribution in [0.5, 0.6) is 0 Å². The van der Waals surface area contributed by atoms with E-state index >= 15 is 0 Å². The first-order valence-corrected chi connectivity index (χ1v) is 5.51. The molecule has 0 spiro atoms.